The number of fused-ring (bicyclic) bond motifs is 2. The molecule has 4 rings (SSSR count). The van der Waals surface area contributed by atoms with E-state index < -0.39 is 0 Å². The number of amides is 1. The van der Waals surface area contributed by atoms with E-state index in [1.807, 2.05) is 29.2 Å². The zero-order chi connectivity index (χ0) is 23.9. The highest BCUT2D eigenvalue weighted by atomic mass is 16.5. The van der Waals surface area contributed by atoms with Crippen LogP contribution in [0.4, 0.5) is 0 Å². The average molecular weight is 467 g/mol. The summed E-state index contributed by atoms with van der Waals surface area (Å²) < 4.78 is 17.7. The molecule has 34 heavy (non-hydrogen) atoms. The fourth-order valence-corrected chi connectivity index (χ4v) is 5.28. The van der Waals surface area contributed by atoms with Gasteiger partial charge in [0.05, 0.1) is 24.8 Å². The first kappa shape index (κ1) is 24.6. The van der Waals surface area contributed by atoms with Gasteiger partial charge in [0.1, 0.15) is 18.1 Å². The second-order valence-electron chi connectivity index (χ2n) is 9.41. The van der Waals surface area contributed by atoms with Crippen molar-refractivity contribution in [1.29, 1.82) is 0 Å². The van der Waals surface area contributed by atoms with Crippen molar-refractivity contribution in [2.45, 2.75) is 57.7 Å². The summed E-state index contributed by atoms with van der Waals surface area (Å²) >= 11 is 0. The fourth-order valence-electron chi connectivity index (χ4n) is 5.28. The molecule has 0 saturated carbocycles. The van der Waals surface area contributed by atoms with Gasteiger partial charge in [-0.2, -0.15) is 0 Å². The van der Waals surface area contributed by atoms with Gasteiger partial charge in [-0.3, -0.25) is 9.69 Å². The summed E-state index contributed by atoms with van der Waals surface area (Å²) in [5, 5.41) is 0. The van der Waals surface area contributed by atoms with E-state index in [2.05, 4.69) is 30.0 Å². The standard InChI is InChI=1S/C28H38N2O4/c1-21-13-14-22(27(19-21)33-3)20-29-15-7-6-10-24-26(32-2)12-8-16-30(24)28(31)23-9-4-5-11-25(23)34-18-17-29/h4-5,9,11,13-14,19,24,26H,6-8,10,12,15-18,20H2,1-3H3/t24-,26-/m0/s1. The molecule has 184 valence electrons. The maximum atomic E-state index is 13.6. The molecule has 0 radical (unpaired) electrons. The molecule has 1 saturated heterocycles. The van der Waals surface area contributed by atoms with Crippen LogP contribution in [0.5, 0.6) is 11.5 Å². The highest BCUT2D eigenvalue weighted by Gasteiger charge is 2.35. The largest absolute Gasteiger partial charge is 0.496 e. The first-order valence-corrected chi connectivity index (χ1v) is 12.5. The van der Waals surface area contributed by atoms with Crippen LogP contribution in [0.15, 0.2) is 42.5 Å². The van der Waals surface area contributed by atoms with Crippen LogP contribution < -0.4 is 9.47 Å². The van der Waals surface area contributed by atoms with Gasteiger partial charge in [0.2, 0.25) is 0 Å². The summed E-state index contributed by atoms with van der Waals surface area (Å²) in [5.74, 6) is 1.65. The van der Waals surface area contributed by atoms with E-state index in [-0.39, 0.29) is 18.1 Å². The van der Waals surface area contributed by atoms with Gasteiger partial charge in [-0.1, -0.05) is 30.7 Å². The van der Waals surface area contributed by atoms with Crippen molar-refractivity contribution >= 4 is 5.91 Å². The molecule has 2 aliphatic heterocycles. The van der Waals surface area contributed by atoms with Crippen molar-refractivity contribution in [3.05, 3.63) is 59.2 Å². The molecule has 6 heteroatoms. The van der Waals surface area contributed by atoms with Gasteiger partial charge in [-0.15, -0.1) is 0 Å². The Labute approximate surface area is 203 Å². The lowest BCUT2D eigenvalue weighted by atomic mass is 9.93. The molecule has 1 fully saturated rings. The monoisotopic (exact) mass is 466 g/mol. The molecule has 0 spiro atoms. The molecule has 2 aromatic rings. The topological polar surface area (TPSA) is 51.2 Å². The van der Waals surface area contributed by atoms with Gasteiger partial charge >= 0.3 is 0 Å². The van der Waals surface area contributed by atoms with Crippen LogP contribution in [0.2, 0.25) is 0 Å². The predicted molar refractivity (Wildman–Crippen MR) is 134 cm³/mol. The Morgan fingerprint density at radius 2 is 1.85 bits per heavy atom. The van der Waals surface area contributed by atoms with E-state index in [0.717, 1.165) is 64.0 Å². The fraction of sp³-hybridized carbons (Fsp3) is 0.536. The molecule has 2 heterocycles. The van der Waals surface area contributed by atoms with Crippen LogP contribution in [0.25, 0.3) is 0 Å². The number of ether oxygens (including phenoxy) is 3. The van der Waals surface area contributed by atoms with Crippen molar-refractivity contribution in [3.63, 3.8) is 0 Å². The summed E-state index contributed by atoms with van der Waals surface area (Å²) in [7, 11) is 3.50. The minimum Gasteiger partial charge on any atom is -0.496 e. The third kappa shape index (κ3) is 5.73. The number of carbonyl (C=O) groups is 1. The number of rotatable bonds is 4. The van der Waals surface area contributed by atoms with Gasteiger partial charge in [0.25, 0.3) is 5.91 Å². The van der Waals surface area contributed by atoms with Crippen molar-refractivity contribution in [2.24, 2.45) is 0 Å². The van der Waals surface area contributed by atoms with Crippen LogP contribution in [-0.2, 0) is 11.3 Å². The molecular formula is C28H38N2O4. The Morgan fingerprint density at radius 1 is 1.00 bits per heavy atom. The van der Waals surface area contributed by atoms with Crippen LogP contribution in [0.1, 0.15) is 53.6 Å². The number of carbonyl (C=O) groups excluding carboxylic acids is 1. The van der Waals surface area contributed by atoms with Crippen molar-refractivity contribution in [2.75, 3.05) is 40.5 Å². The second-order valence-corrected chi connectivity index (χ2v) is 9.41. The van der Waals surface area contributed by atoms with Gasteiger partial charge < -0.3 is 19.1 Å². The molecule has 6 nitrogen and oxygen atoms in total. The Morgan fingerprint density at radius 3 is 2.68 bits per heavy atom. The van der Waals surface area contributed by atoms with E-state index in [1.165, 1.54) is 11.1 Å². The van der Waals surface area contributed by atoms with Gasteiger partial charge in [0.15, 0.2) is 0 Å². The Balaban J connectivity index is 1.56. The van der Waals surface area contributed by atoms with E-state index in [9.17, 15) is 4.79 Å². The number of hydrogen-bond donors (Lipinski definition) is 0. The predicted octanol–water partition coefficient (Wildman–Crippen LogP) is 4.69. The number of hydrogen-bond acceptors (Lipinski definition) is 5. The summed E-state index contributed by atoms with van der Waals surface area (Å²) in [6, 6.07) is 14.1. The third-order valence-corrected chi connectivity index (χ3v) is 7.12. The molecule has 1 amide bonds. The van der Waals surface area contributed by atoms with Crippen molar-refractivity contribution in [1.82, 2.24) is 9.80 Å². The molecule has 0 unspecified atom stereocenters. The summed E-state index contributed by atoms with van der Waals surface area (Å²) in [6.45, 7) is 5.96. The van der Waals surface area contributed by atoms with Crippen molar-refractivity contribution in [3.8, 4) is 11.5 Å². The smallest absolute Gasteiger partial charge is 0.257 e. The molecule has 2 aliphatic rings. The van der Waals surface area contributed by atoms with E-state index >= 15 is 0 Å². The lowest BCUT2D eigenvalue weighted by molar-refractivity contribution is -0.0155. The number of benzene rings is 2. The maximum absolute atomic E-state index is 13.6. The van der Waals surface area contributed by atoms with E-state index in [0.29, 0.717) is 17.9 Å². The van der Waals surface area contributed by atoms with E-state index in [1.54, 1.807) is 14.2 Å². The lowest BCUT2D eigenvalue weighted by Gasteiger charge is -2.41. The minimum absolute atomic E-state index is 0.0582. The minimum atomic E-state index is 0.0582. The van der Waals surface area contributed by atoms with Crippen molar-refractivity contribution < 1.29 is 19.0 Å². The first-order valence-electron chi connectivity index (χ1n) is 12.5. The maximum Gasteiger partial charge on any atom is 0.257 e. The Hall–Kier alpha value is -2.57. The Kier molecular flexibility index (Phi) is 8.46. The summed E-state index contributed by atoms with van der Waals surface area (Å²) in [4.78, 5) is 18.1. The SMILES string of the molecule is COc1cc(C)ccc1CN1CCCC[C@H]2[C@@H](OC)CCCN2C(=O)c2ccccc2OCC1. The molecule has 2 atom stereocenters. The third-order valence-electron chi connectivity index (χ3n) is 7.12. The number of nitrogens with zero attached hydrogens (tertiary/aromatic N) is 2. The van der Waals surface area contributed by atoms with Crippen LogP contribution in [-0.4, -0.2) is 68.3 Å². The number of piperidine rings is 1. The zero-order valence-corrected chi connectivity index (χ0v) is 20.8. The number of aryl methyl sites for hydroxylation is 1. The summed E-state index contributed by atoms with van der Waals surface area (Å²) in [6.07, 6.45) is 5.13. The highest BCUT2D eigenvalue weighted by molar-refractivity contribution is 5.97. The molecule has 0 aromatic heterocycles. The zero-order valence-electron chi connectivity index (χ0n) is 20.8. The Bertz CT molecular complexity index is 963. The summed E-state index contributed by atoms with van der Waals surface area (Å²) in [5.41, 5.74) is 3.03. The van der Waals surface area contributed by atoms with Gasteiger partial charge in [-0.05, 0) is 62.9 Å². The average Bonchev–Trinajstić information content (AvgIpc) is 2.87. The normalized spacial score (nSPS) is 22.4. The molecule has 0 N–H and O–H groups in total. The number of methoxy groups -OCH3 is 2. The number of para-hydroxylation sites is 1. The second kappa shape index (κ2) is 11.7. The van der Waals surface area contributed by atoms with Crippen LogP contribution >= 0.6 is 0 Å². The van der Waals surface area contributed by atoms with Gasteiger partial charge in [-0.25, -0.2) is 0 Å². The van der Waals surface area contributed by atoms with E-state index in [4.69, 9.17) is 14.2 Å². The lowest BCUT2D eigenvalue weighted by Crippen LogP contribution is -2.51. The first-order chi connectivity index (χ1) is 16.6. The van der Waals surface area contributed by atoms with Gasteiger partial charge in [0, 0.05) is 32.3 Å². The molecular weight excluding hydrogens is 428 g/mol. The quantitative estimate of drug-likeness (QED) is 0.654. The van der Waals surface area contributed by atoms with Crippen LogP contribution in [0, 0.1) is 6.92 Å². The molecule has 0 bridgehead atoms. The highest BCUT2D eigenvalue weighted by Crippen LogP contribution is 2.29. The molecule has 0 aliphatic carbocycles. The van der Waals surface area contributed by atoms with Crippen LogP contribution in [0.3, 0.4) is 0 Å². The molecule has 2 aromatic carbocycles.